The van der Waals surface area contributed by atoms with Crippen molar-refractivity contribution in [2.24, 2.45) is 11.8 Å². The molecule has 2 heterocycles. The Labute approximate surface area is 125 Å². The van der Waals surface area contributed by atoms with Crippen molar-refractivity contribution < 1.29 is 9.53 Å². The number of amides is 1. The number of piperidine rings is 1. The highest BCUT2D eigenvalue weighted by Gasteiger charge is 2.28. The summed E-state index contributed by atoms with van der Waals surface area (Å²) >= 11 is 0. The molecule has 1 aliphatic carbocycles. The molecule has 2 aliphatic rings. The second kappa shape index (κ2) is 6.74. The van der Waals surface area contributed by atoms with E-state index in [1.165, 1.54) is 0 Å². The van der Waals surface area contributed by atoms with Crippen molar-refractivity contribution in [3.8, 4) is 5.88 Å². The van der Waals surface area contributed by atoms with Gasteiger partial charge >= 0.3 is 0 Å². The second-order valence-corrected chi connectivity index (χ2v) is 5.89. The molecule has 0 saturated carbocycles. The van der Waals surface area contributed by atoms with Gasteiger partial charge in [-0.15, -0.1) is 0 Å². The van der Waals surface area contributed by atoms with E-state index in [9.17, 15) is 4.79 Å². The van der Waals surface area contributed by atoms with E-state index in [1.807, 2.05) is 23.1 Å². The lowest BCUT2D eigenvalue weighted by molar-refractivity contribution is -0.136. The number of aromatic nitrogens is 1. The first-order chi connectivity index (χ1) is 10.3. The average Bonchev–Trinajstić information content (AvgIpc) is 3.08. The van der Waals surface area contributed by atoms with E-state index >= 15 is 0 Å². The Bertz CT molecular complexity index is 485. The molecule has 0 bridgehead atoms. The molecule has 4 heteroatoms. The molecule has 1 amide bonds. The first-order valence-corrected chi connectivity index (χ1v) is 7.80. The van der Waals surface area contributed by atoms with E-state index in [4.69, 9.17) is 4.74 Å². The van der Waals surface area contributed by atoms with Crippen LogP contribution in [0.25, 0.3) is 0 Å². The van der Waals surface area contributed by atoms with Crippen LogP contribution in [0.1, 0.15) is 25.7 Å². The van der Waals surface area contributed by atoms with Crippen LogP contribution in [0.5, 0.6) is 5.88 Å². The minimum Gasteiger partial charge on any atom is -0.477 e. The molecule has 3 rings (SSSR count). The maximum atomic E-state index is 12.3. The number of hydrogen-bond donors (Lipinski definition) is 0. The highest BCUT2D eigenvalue weighted by molar-refractivity contribution is 5.79. The zero-order valence-corrected chi connectivity index (χ0v) is 12.3. The molecule has 0 atom stereocenters. The quantitative estimate of drug-likeness (QED) is 0.799. The van der Waals surface area contributed by atoms with E-state index in [1.54, 1.807) is 6.20 Å². The minimum atomic E-state index is 0.200. The van der Waals surface area contributed by atoms with Crippen molar-refractivity contribution in [3.05, 3.63) is 36.5 Å². The van der Waals surface area contributed by atoms with Crippen molar-refractivity contribution in [3.63, 3.8) is 0 Å². The predicted octanol–water partition coefficient (Wildman–Crippen LogP) is 2.67. The zero-order chi connectivity index (χ0) is 14.5. The summed E-state index contributed by atoms with van der Waals surface area (Å²) in [6.45, 7) is 2.43. The average molecular weight is 286 g/mol. The van der Waals surface area contributed by atoms with Crippen LogP contribution in [-0.4, -0.2) is 35.5 Å². The summed E-state index contributed by atoms with van der Waals surface area (Å²) < 4.78 is 5.72. The molecule has 1 saturated heterocycles. The van der Waals surface area contributed by atoms with Crippen LogP contribution in [0, 0.1) is 11.8 Å². The Balaban J connectivity index is 1.41. The van der Waals surface area contributed by atoms with Crippen LogP contribution in [0.4, 0.5) is 0 Å². The fourth-order valence-corrected chi connectivity index (χ4v) is 3.03. The van der Waals surface area contributed by atoms with Crippen LogP contribution in [0.2, 0.25) is 0 Å². The summed E-state index contributed by atoms with van der Waals surface area (Å²) in [7, 11) is 0. The largest absolute Gasteiger partial charge is 0.477 e. The van der Waals surface area contributed by atoms with Crippen LogP contribution >= 0.6 is 0 Å². The Morgan fingerprint density at radius 3 is 2.67 bits per heavy atom. The number of allylic oxidation sites excluding steroid dienone is 2. The number of ether oxygens (including phenoxy) is 1. The maximum absolute atomic E-state index is 12.3. The van der Waals surface area contributed by atoms with E-state index in [-0.39, 0.29) is 5.92 Å². The molecule has 0 aromatic carbocycles. The Morgan fingerprint density at radius 2 is 2.00 bits per heavy atom. The Kier molecular flexibility index (Phi) is 4.53. The van der Waals surface area contributed by atoms with Gasteiger partial charge in [-0.3, -0.25) is 4.79 Å². The van der Waals surface area contributed by atoms with E-state index < -0.39 is 0 Å². The lowest BCUT2D eigenvalue weighted by Crippen LogP contribution is -2.42. The summed E-state index contributed by atoms with van der Waals surface area (Å²) in [6.07, 6.45) is 9.87. The fraction of sp³-hybridized carbons (Fsp3) is 0.529. The Morgan fingerprint density at radius 1 is 1.24 bits per heavy atom. The van der Waals surface area contributed by atoms with Crippen molar-refractivity contribution >= 4 is 5.91 Å². The standard InChI is InChI=1S/C17H22N2O2/c20-17(15-5-1-2-6-15)19-11-8-14(9-12-19)13-21-16-7-3-4-10-18-16/h1-4,7,10,14-15H,5-6,8-9,11-13H2. The lowest BCUT2D eigenvalue weighted by atomic mass is 9.96. The van der Waals surface area contributed by atoms with Gasteiger partial charge in [-0.1, -0.05) is 18.2 Å². The first kappa shape index (κ1) is 14.1. The van der Waals surface area contributed by atoms with Crippen LogP contribution < -0.4 is 4.74 Å². The number of likely N-dealkylation sites (tertiary alicyclic amines) is 1. The molecule has 1 aromatic heterocycles. The maximum Gasteiger partial charge on any atom is 0.226 e. The van der Waals surface area contributed by atoms with Gasteiger partial charge in [0.15, 0.2) is 0 Å². The molecule has 0 radical (unpaired) electrons. The second-order valence-electron chi connectivity index (χ2n) is 5.89. The summed E-state index contributed by atoms with van der Waals surface area (Å²) in [5.41, 5.74) is 0. The van der Waals surface area contributed by atoms with E-state index in [2.05, 4.69) is 17.1 Å². The summed E-state index contributed by atoms with van der Waals surface area (Å²) in [5, 5.41) is 0. The molecule has 0 N–H and O–H groups in total. The SMILES string of the molecule is O=C(C1CC=CC1)N1CCC(COc2ccccn2)CC1. The van der Waals surface area contributed by atoms with Gasteiger partial charge in [0.1, 0.15) is 0 Å². The van der Waals surface area contributed by atoms with Crippen LogP contribution in [0.3, 0.4) is 0 Å². The van der Waals surface area contributed by atoms with E-state index in [0.29, 0.717) is 24.3 Å². The van der Waals surface area contributed by atoms with Crippen LogP contribution in [0.15, 0.2) is 36.5 Å². The first-order valence-electron chi connectivity index (χ1n) is 7.80. The molecule has 112 valence electrons. The van der Waals surface area contributed by atoms with Gasteiger partial charge in [0.05, 0.1) is 6.61 Å². The van der Waals surface area contributed by atoms with Crippen LogP contribution in [-0.2, 0) is 4.79 Å². The molecule has 21 heavy (non-hydrogen) atoms. The number of nitrogens with zero attached hydrogens (tertiary/aromatic N) is 2. The van der Waals surface area contributed by atoms with Gasteiger partial charge in [0, 0.05) is 31.3 Å². The third-order valence-electron chi connectivity index (χ3n) is 4.39. The van der Waals surface area contributed by atoms with Gasteiger partial charge in [-0.25, -0.2) is 4.98 Å². The molecule has 1 fully saturated rings. The smallest absolute Gasteiger partial charge is 0.226 e. The van der Waals surface area contributed by atoms with Gasteiger partial charge in [0.25, 0.3) is 0 Å². The van der Waals surface area contributed by atoms with Crippen molar-refractivity contribution in [1.82, 2.24) is 9.88 Å². The molecule has 0 spiro atoms. The summed E-state index contributed by atoms with van der Waals surface area (Å²) in [6, 6.07) is 5.69. The molecule has 1 aromatic rings. The van der Waals surface area contributed by atoms with Crippen molar-refractivity contribution in [2.45, 2.75) is 25.7 Å². The normalized spacial score (nSPS) is 19.9. The fourth-order valence-electron chi connectivity index (χ4n) is 3.03. The molecule has 1 aliphatic heterocycles. The minimum absolute atomic E-state index is 0.200. The van der Waals surface area contributed by atoms with Gasteiger partial charge in [-0.05, 0) is 37.7 Å². The van der Waals surface area contributed by atoms with Gasteiger partial charge in [-0.2, -0.15) is 0 Å². The molecule has 4 nitrogen and oxygen atoms in total. The van der Waals surface area contributed by atoms with Crippen molar-refractivity contribution in [1.29, 1.82) is 0 Å². The molecular formula is C17H22N2O2. The zero-order valence-electron chi connectivity index (χ0n) is 12.3. The highest BCUT2D eigenvalue weighted by atomic mass is 16.5. The highest BCUT2D eigenvalue weighted by Crippen LogP contribution is 2.24. The topological polar surface area (TPSA) is 42.4 Å². The molecule has 0 unspecified atom stereocenters. The number of carbonyl (C=O) groups excluding carboxylic acids is 1. The number of carbonyl (C=O) groups is 1. The summed E-state index contributed by atoms with van der Waals surface area (Å²) in [5.74, 6) is 1.75. The number of rotatable bonds is 4. The van der Waals surface area contributed by atoms with E-state index in [0.717, 1.165) is 38.8 Å². The number of pyridine rings is 1. The van der Waals surface area contributed by atoms with Gasteiger partial charge in [0.2, 0.25) is 11.8 Å². The predicted molar refractivity (Wildman–Crippen MR) is 80.9 cm³/mol. The molecular weight excluding hydrogens is 264 g/mol. The third kappa shape index (κ3) is 3.63. The van der Waals surface area contributed by atoms with Crippen molar-refractivity contribution in [2.75, 3.05) is 19.7 Å². The monoisotopic (exact) mass is 286 g/mol. The third-order valence-corrected chi connectivity index (χ3v) is 4.39. The van der Waals surface area contributed by atoms with Gasteiger partial charge < -0.3 is 9.64 Å². The lowest BCUT2D eigenvalue weighted by Gasteiger charge is -2.33. The Hall–Kier alpha value is -1.84. The number of hydrogen-bond acceptors (Lipinski definition) is 3. The summed E-state index contributed by atoms with van der Waals surface area (Å²) in [4.78, 5) is 18.5.